The van der Waals surface area contributed by atoms with E-state index >= 15 is 0 Å². The molecule has 1 saturated heterocycles. The molecule has 0 saturated carbocycles. The largest absolute Gasteiger partial charge is 0.372 e. The van der Waals surface area contributed by atoms with Crippen LogP contribution in [0.5, 0.6) is 0 Å². The molecule has 0 amide bonds. The summed E-state index contributed by atoms with van der Waals surface area (Å²) in [6.45, 7) is 2.70. The standard InChI is InChI=1S/C33H33N5O/c39-31-20-15-27-23-34-33(35-29-16-18-30(19-17-29)37-21-7-2-8-22-37)36-32(27)38(31)24-28-12-6-5-11-26(28)14-13-25-9-3-1-4-10-25/h1,3-6,9-12,15-20,23H,2,7-8,13-14,21-22,24H2,(H,34,35,36). The predicted octanol–water partition coefficient (Wildman–Crippen LogP) is 6.36. The lowest BCUT2D eigenvalue weighted by Crippen LogP contribution is -2.29. The van der Waals surface area contributed by atoms with Crippen molar-refractivity contribution in [3.63, 3.8) is 0 Å². The van der Waals surface area contributed by atoms with E-state index in [0.717, 1.165) is 42.6 Å². The Morgan fingerprint density at radius 2 is 1.49 bits per heavy atom. The monoisotopic (exact) mass is 515 g/mol. The van der Waals surface area contributed by atoms with Crippen molar-refractivity contribution in [2.45, 2.75) is 38.6 Å². The summed E-state index contributed by atoms with van der Waals surface area (Å²) in [6.07, 6.45) is 7.47. The summed E-state index contributed by atoms with van der Waals surface area (Å²) in [4.78, 5) is 24.8. The molecule has 2 aromatic heterocycles. The third kappa shape index (κ3) is 5.85. The summed E-state index contributed by atoms with van der Waals surface area (Å²) in [7, 11) is 0. The second kappa shape index (κ2) is 11.5. The number of anilines is 3. The van der Waals surface area contributed by atoms with Crippen molar-refractivity contribution in [3.8, 4) is 0 Å². The quantitative estimate of drug-likeness (QED) is 0.261. The Balaban J connectivity index is 1.24. The second-order valence-corrected chi connectivity index (χ2v) is 10.2. The zero-order valence-corrected chi connectivity index (χ0v) is 22.1. The van der Waals surface area contributed by atoms with Gasteiger partial charge in [0.05, 0.1) is 6.54 Å². The van der Waals surface area contributed by atoms with Crippen molar-refractivity contribution >= 4 is 28.4 Å². The van der Waals surface area contributed by atoms with Crippen LogP contribution in [0, 0.1) is 0 Å². The molecule has 1 fully saturated rings. The minimum absolute atomic E-state index is 0.0732. The fourth-order valence-electron chi connectivity index (χ4n) is 5.37. The van der Waals surface area contributed by atoms with E-state index in [1.54, 1.807) is 22.9 Å². The number of hydrogen-bond acceptors (Lipinski definition) is 5. The summed E-state index contributed by atoms with van der Waals surface area (Å²) in [5.41, 5.74) is 6.40. The molecule has 0 spiro atoms. The molecule has 5 aromatic rings. The fourth-order valence-corrected chi connectivity index (χ4v) is 5.37. The molecule has 1 aliphatic rings. The fraction of sp³-hybridized carbons (Fsp3) is 0.242. The Morgan fingerprint density at radius 3 is 2.28 bits per heavy atom. The summed E-state index contributed by atoms with van der Waals surface area (Å²) >= 11 is 0. The number of piperidine rings is 1. The van der Waals surface area contributed by atoms with Gasteiger partial charge in [0.15, 0.2) is 0 Å². The van der Waals surface area contributed by atoms with Crippen molar-refractivity contribution < 1.29 is 0 Å². The number of pyridine rings is 1. The number of rotatable bonds is 8. The van der Waals surface area contributed by atoms with Crippen molar-refractivity contribution in [2.75, 3.05) is 23.3 Å². The van der Waals surface area contributed by atoms with Gasteiger partial charge in [0.25, 0.3) is 5.56 Å². The molecule has 6 nitrogen and oxygen atoms in total. The third-order valence-electron chi connectivity index (χ3n) is 7.54. The van der Waals surface area contributed by atoms with Gasteiger partial charge in [0.2, 0.25) is 5.95 Å². The second-order valence-electron chi connectivity index (χ2n) is 10.2. The van der Waals surface area contributed by atoms with Gasteiger partial charge in [-0.15, -0.1) is 0 Å². The van der Waals surface area contributed by atoms with Crippen LogP contribution in [-0.2, 0) is 19.4 Å². The van der Waals surface area contributed by atoms with Gasteiger partial charge in [0, 0.05) is 42.1 Å². The first-order valence-corrected chi connectivity index (χ1v) is 13.8. The molecule has 0 atom stereocenters. The highest BCUT2D eigenvalue weighted by atomic mass is 16.1. The maximum absolute atomic E-state index is 13.1. The van der Waals surface area contributed by atoms with Crippen LogP contribution in [-0.4, -0.2) is 27.6 Å². The molecule has 3 heterocycles. The zero-order chi connectivity index (χ0) is 26.4. The first kappa shape index (κ1) is 24.9. The lowest BCUT2D eigenvalue weighted by Gasteiger charge is -2.28. The minimum atomic E-state index is -0.0732. The number of benzene rings is 3. The van der Waals surface area contributed by atoms with Gasteiger partial charge in [-0.05, 0) is 79.1 Å². The zero-order valence-electron chi connectivity index (χ0n) is 22.1. The number of nitrogens with zero attached hydrogens (tertiary/aromatic N) is 4. The first-order chi connectivity index (χ1) is 19.2. The molecule has 196 valence electrons. The number of nitrogens with one attached hydrogen (secondary N) is 1. The molecule has 0 aliphatic carbocycles. The highest BCUT2D eigenvalue weighted by Gasteiger charge is 2.12. The van der Waals surface area contributed by atoms with Crippen molar-refractivity contribution in [1.29, 1.82) is 0 Å². The normalized spacial score (nSPS) is 13.5. The van der Waals surface area contributed by atoms with Crippen LogP contribution in [0.15, 0.2) is 102 Å². The SMILES string of the molecule is O=c1ccc2cnc(Nc3ccc(N4CCCCC4)cc3)nc2n1Cc1ccccc1CCc1ccccc1. The Bertz CT molecular complexity index is 1610. The van der Waals surface area contributed by atoms with Crippen LogP contribution in [0.25, 0.3) is 11.0 Å². The van der Waals surface area contributed by atoms with Crippen LogP contribution >= 0.6 is 0 Å². The smallest absolute Gasteiger partial charge is 0.252 e. The number of aromatic nitrogens is 3. The van der Waals surface area contributed by atoms with Gasteiger partial charge in [-0.3, -0.25) is 9.36 Å². The molecule has 0 bridgehead atoms. The topological polar surface area (TPSA) is 63.1 Å². The van der Waals surface area contributed by atoms with Gasteiger partial charge >= 0.3 is 0 Å². The molecule has 1 N–H and O–H groups in total. The Labute approximate surface area is 229 Å². The van der Waals surface area contributed by atoms with E-state index in [0.29, 0.717) is 18.1 Å². The van der Waals surface area contributed by atoms with Gasteiger partial charge in [-0.1, -0.05) is 54.6 Å². The van der Waals surface area contributed by atoms with Crippen LogP contribution in [0.4, 0.5) is 17.3 Å². The van der Waals surface area contributed by atoms with Crippen molar-refractivity contribution in [3.05, 3.63) is 124 Å². The van der Waals surface area contributed by atoms with E-state index in [1.807, 2.05) is 12.1 Å². The number of hydrogen-bond donors (Lipinski definition) is 1. The maximum atomic E-state index is 13.1. The van der Waals surface area contributed by atoms with Crippen molar-refractivity contribution in [1.82, 2.24) is 14.5 Å². The molecule has 39 heavy (non-hydrogen) atoms. The predicted molar refractivity (Wildman–Crippen MR) is 159 cm³/mol. The van der Waals surface area contributed by atoms with Crippen LogP contribution in [0.2, 0.25) is 0 Å². The van der Waals surface area contributed by atoms with E-state index < -0.39 is 0 Å². The van der Waals surface area contributed by atoms with E-state index in [1.165, 1.54) is 36.1 Å². The maximum Gasteiger partial charge on any atom is 0.252 e. The van der Waals surface area contributed by atoms with E-state index in [9.17, 15) is 4.79 Å². The molecular weight excluding hydrogens is 482 g/mol. The Morgan fingerprint density at radius 1 is 0.744 bits per heavy atom. The van der Waals surface area contributed by atoms with Gasteiger partial charge < -0.3 is 10.2 Å². The molecule has 0 unspecified atom stereocenters. The molecule has 6 heteroatoms. The third-order valence-corrected chi connectivity index (χ3v) is 7.54. The van der Waals surface area contributed by atoms with E-state index in [2.05, 4.69) is 81.9 Å². The van der Waals surface area contributed by atoms with E-state index in [-0.39, 0.29) is 5.56 Å². The van der Waals surface area contributed by atoms with Crippen molar-refractivity contribution in [2.24, 2.45) is 0 Å². The van der Waals surface area contributed by atoms with Gasteiger partial charge in [-0.2, -0.15) is 4.98 Å². The van der Waals surface area contributed by atoms with Gasteiger partial charge in [0.1, 0.15) is 5.65 Å². The minimum Gasteiger partial charge on any atom is -0.372 e. The molecule has 1 aliphatic heterocycles. The van der Waals surface area contributed by atoms with Gasteiger partial charge in [-0.25, -0.2) is 4.98 Å². The average Bonchev–Trinajstić information content (AvgIpc) is 2.99. The molecule has 3 aromatic carbocycles. The highest BCUT2D eigenvalue weighted by Crippen LogP contribution is 2.24. The van der Waals surface area contributed by atoms with Crippen LogP contribution in [0.1, 0.15) is 36.0 Å². The number of aryl methyl sites for hydroxylation is 2. The summed E-state index contributed by atoms with van der Waals surface area (Å²) in [6, 6.07) is 30.7. The number of fused-ring (bicyclic) bond motifs is 1. The average molecular weight is 516 g/mol. The van der Waals surface area contributed by atoms with E-state index in [4.69, 9.17) is 4.98 Å². The Kier molecular flexibility index (Phi) is 7.34. The lowest BCUT2D eigenvalue weighted by atomic mass is 9.99. The summed E-state index contributed by atoms with van der Waals surface area (Å²) in [5.74, 6) is 0.477. The summed E-state index contributed by atoms with van der Waals surface area (Å²) < 4.78 is 1.75. The molecule has 0 radical (unpaired) electrons. The molecular formula is C33H33N5O. The highest BCUT2D eigenvalue weighted by molar-refractivity contribution is 5.76. The molecule has 6 rings (SSSR count). The summed E-state index contributed by atoms with van der Waals surface area (Å²) in [5, 5.41) is 4.17. The van der Waals surface area contributed by atoms with Crippen LogP contribution < -0.4 is 15.8 Å². The Hall–Kier alpha value is -4.45. The lowest BCUT2D eigenvalue weighted by molar-refractivity contribution is 0.578. The van der Waals surface area contributed by atoms with Crippen LogP contribution in [0.3, 0.4) is 0 Å². The first-order valence-electron chi connectivity index (χ1n) is 13.8.